The molecule has 0 aliphatic carbocycles. The molecular formula is C22H17F2N3O3. The lowest BCUT2D eigenvalue weighted by Gasteiger charge is -2.08. The molecule has 3 rings (SSSR count). The van der Waals surface area contributed by atoms with E-state index in [9.17, 15) is 18.4 Å². The van der Waals surface area contributed by atoms with Crippen LogP contribution in [0, 0.1) is 11.6 Å². The molecule has 8 heteroatoms. The number of hydrogen-bond donors (Lipinski definition) is 2. The fourth-order valence-electron chi connectivity index (χ4n) is 2.48. The second-order valence-corrected chi connectivity index (χ2v) is 6.12. The Hall–Kier alpha value is -4.07. The highest BCUT2D eigenvalue weighted by atomic mass is 19.1. The Morgan fingerprint density at radius 1 is 0.900 bits per heavy atom. The minimum absolute atomic E-state index is 0.223. The number of carbonyl (C=O) groups excluding carboxylic acids is 2. The number of benzene rings is 3. The average Bonchev–Trinajstić information content (AvgIpc) is 2.73. The van der Waals surface area contributed by atoms with Crippen molar-refractivity contribution in [3.05, 3.63) is 101 Å². The molecule has 0 aromatic heterocycles. The number of rotatable bonds is 6. The number of imide groups is 1. The van der Waals surface area contributed by atoms with Crippen LogP contribution in [0.4, 0.5) is 19.3 Å². The van der Waals surface area contributed by atoms with E-state index >= 15 is 0 Å². The lowest BCUT2D eigenvalue weighted by Crippen LogP contribution is -2.35. The van der Waals surface area contributed by atoms with Crippen molar-refractivity contribution in [2.45, 2.75) is 6.61 Å². The standard InChI is InChI=1S/C22H17F2N3O3/c23-18-7-4-8-19(24)20(18)21(28)27-22(29)26-17-11-9-16(10-12-17)14-30-25-13-15-5-2-1-3-6-15/h1-13H,14H2,(H2,26,27,28,29)/b25-13+. The Kier molecular flexibility index (Phi) is 6.83. The molecule has 3 aromatic rings. The van der Waals surface area contributed by atoms with Crippen LogP contribution in [0.15, 0.2) is 78.0 Å². The number of hydrogen-bond acceptors (Lipinski definition) is 4. The molecule has 0 bridgehead atoms. The van der Waals surface area contributed by atoms with Gasteiger partial charge in [-0.15, -0.1) is 0 Å². The van der Waals surface area contributed by atoms with E-state index in [1.54, 1.807) is 30.5 Å². The van der Waals surface area contributed by atoms with Gasteiger partial charge < -0.3 is 10.2 Å². The van der Waals surface area contributed by atoms with Crippen molar-refractivity contribution in [2.24, 2.45) is 5.16 Å². The molecule has 3 aromatic carbocycles. The molecule has 0 unspecified atom stereocenters. The fourth-order valence-corrected chi connectivity index (χ4v) is 2.48. The van der Waals surface area contributed by atoms with Crippen LogP contribution in [0.25, 0.3) is 0 Å². The topological polar surface area (TPSA) is 79.8 Å². The first kappa shape index (κ1) is 20.7. The number of anilines is 1. The van der Waals surface area contributed by atoms with E-state index in [4.69, 9.17) is 4.84 Å². The summed E-state index contributed by atoms with van der Waals surface area (Å²) in [7, 11) is 0. The Balaban J connectivity index is 1.49. The third-order valence-corrected chi connectivity index (χ3v) is 3.94. The van der Waals surface area contributed by atoms with Crippen LogP contribution in [0.1, 0.15) is 21.5 Å². The number of urea groups is 1. The first-order valence-corrected chi connectivity index (χ1v) is 8.88. The molecule has 0 aliphatic heterocycles. The third-order valence-electron chi connectivity index (χ3n) is 3.94. The highest BCUT2D eigenvalue weighted by molar-refractivity contribution is 6.08. The molecule has 0 atom stereocenters. The summed E-state index contributed by atoms with van der Waals surface area (Å²) in [5, 5.41) is 8.18. The van der Waals surface area contributed by atoms with E-state index in [1.165, 1.54) is 0 Å². The van der Waals surface area contributed by atoms with Crippen molar-refractivity contribution in [3.8, 4) is 0 Å². The molecule has 0 aliphatic rings. The SMILES string of the molecule is O=C(NC(=O)c1c(F)cccc1F)Nc1ccc(CO/N=C/c2ccccc2)cc1. The highest BCUT2D eigenvalue weighted by Gasteiger charge is 2.19. The van der Waals surface area contributed by atoms with Gasteiger partial charge in [0.25, 0.3) is 5.91 Å². The highest BCUT2D eigenvalue weighted by Crippen LogP contribution is 2.13. The van der Waals surface area contributed by atoms with Gasteiger partial charge in [-0.05, 0) is 35.4 Å². The molecule has 0 fully saturated rings. The number of amides is 3. The quantitative estimate of drug-likeness (QED) is 0.465. The molecule has 152 valence electrons. The Morgan fingerprint density at radius 3 is 2.23 bits per heavy atom. The van der Waals surface area contributed by atoms with Crippen LogP contribution < -0.4 is 10.6 Å². The number of nitrogens with zero attached hydrogens (tertiary/aromatic N) is 1. The maximum atomic E-state index is 13.6. The van der Waals surface area contributed by atoms with E-state index in [0.29, 0.717) is 5.69 Å². The first-order chi connectivity index (χ1) is 14.5. The lowest BCUT2D eigenvalue weighted by molar-refractivity contribution is 0.0959. The van der Waals surface area contributed by atoms with Crippen molar-refractivity contribution in [1.29, 1.82) is 0 Å². The molecule has 0 spiro atoms. The normalized spacial score (nSPS) is 10.6. The van der Waals surface area contributed by atoms with Crippen molar-refractivity contribution in [2.75, 3.05) is 5.32 Å². The zero-order valence-corrected chi connectivity index (χ0v) is 15.6. The van der Waals surface area contributed by atoms with Crippen LogP contribution in [0.2, 0.25) is 0 Å². The Morgan fingerprint density at radius 2 is 1.57 bits per heavy atom. The second-order valence-electron chi connectivity index (χ2n) is 6.12. The summed E-state index contributed by atoms with van der Waals surface area (Å²) in [5.74, 6) is -3.29. The van der Waals surface area contributed by atoms with Gasteiger partial charge >= 0.3 is 6.03 Å². The summed E-state index contributed by atoms with van der Waals surface area (Å²) in [4.78, 5) is 29.0. The summed E-state index contributed by atoms with van der Waals surface area (Å²) in [5.41, 5.74) is 1.27. The van der Waals surface area contributed by atoms with Crippen molar-refractivity contribution in [3.63, 3.8) is 0 Å². The number of carbonyl (C=O) groups is 2. The molecule has 30 heavy (non-hydrogen) atoms. The van der Waals surface area contributed by atoms with Crippen LogP contribution in [-0.4, -0.2) is 18.2 Å². The van der Waals surface area contributed by atoms with Gasteiger partial charge in [-0.25, -0.2) is 13.6 Å². The maximum Gasteiger partial charge on any atom is 0.326 e. The van der Waals surface area contributed by atoms with Gasteiger partial charge in [0.15, 0.2) is 0 Å². The van der Waals surface area contributed by atoms with Crippen LogP contribution in [-0.2, 0) is 11.4 Å². The van der Waals surface area contributed by atoms with Gasteiger partial charge in [-0.3, -0.25) is 10.1 Å². The van der Waals surface area contributed by atoms with Gasteiger partial charge in [0.1, 0.15) is 23.8 Å². The molecule has 6 nitrogen and oxygen atoms in total. The Labute approximate surface area is 171 Å². The maximum absolute atomic E-state index is 13.6. The van der Waals surface area contributed by atoms with Gasteiger partial charge in [0.05, 0.1) is 6.21 Å². The first-order valence-electron chi connectivity index (χ1n) is 8.88. The van der Waals surface area contributed by atoms with Crippen molar-refractivity contribution >= 4 is 23.8 Å². The van der Waals surface area contributed by atoms with E-state index < -0.39 is 29.1 Å². The van der Waals surface area contributed by atoms with Crippen molar-refractivity contribution in [1.82, 2.24) is 5.32 Å². The molecule has 0 heterocycles. The van der Waals surface area contributed by atoms with Crippen LogP contribution in [0.3, 0.4) is 0 Å². The summed E-state index contributed by atoms with van der Waals surface area (Å²) in [6.07, 6.45) is 1.59. The largest absolute Gasteiger partial charge is 0.391 e. The van der Waals surface area contributed by atoms with Gasteiger partial charge in [-0.2, -0.15) is 0 Å². The Bertz CT molecular complexity index is 1030. The monoisotopic (exact) mass is 409 g/mol. The van der Waals surface area contributed by atoms with Gasteiger partial charge in [0, 0.05) is 5.69 Å². The summed E-state index contributed by atoms with van der Waals surface area (Å²) < 4.78 is 27.2. The lowest BCUT2D eigenvalue weighted by atomic mass is 10.2. The third kappa shape index (κ3) is 5.71. The van der Waals surface area contributed by atoms with E-state index in [-0.39, 0.29) is 6.61 Å². The molecule has 0 saturated carbocycles. The molecular weight excluding hydrogens is 392 g/mol. The van der Waals surface area contributed by atoms with Crippen LogP contribution >= 0.6 is 0 Å². The molecule has 3 amide bonds. The van der Waals surface area contributed by atoms with Gasteiger partial charge in [-0.1, -0.05) is 53.7 Å². The van der Waals surface area contributed by atoms with E-state index in [1.807, 2.05) is 35.6 Å². The fraction of sp³-hybridized carbons (Fsp3) is 0.0455. The zero-order chi connectivity index (χ0) is 21.3. The number of halogens is 2. The predicted octanol–water partition coefficient (Wildman–Crippen LogP) is 4.48. The summed E-state index contributed by atoms with van der Waals surface area (Å²) >= 11 is 0. The van der Waals surface area contributed by atoms with Gasteiger partial charge in [0.2, 0.25) is 0 Å². The van der Waals surface area contributed by atoms with E-state index in [2.05, 4.69) is 10.5 Å². The van der Waals surface area contributed by atoms with E-state index in [0.717, 1.165) is 29.3 Å². The minimum Gasteiger partial charge on any atom is -0.391 e. The minimum atomic E-state index is -1.18. The second kappa shape index (κ2) is 9.92. The number of oxime groups is 1. The smallest absolute Gasteiger partial charge is 0.326 e. The average molecular weight is 409 g/mol. The molecule has 0 saturated heterocycles. The predicted molar refractivity (Wildman–Crippen MR) is 108 cm³/mol. The molecule has 2 N–H and O–H groups in total. The van der Waals surface area contributed by atoms with Crippen LogP contribution in [0.5, 0.6) is 0 Å². The zero-order valence-electron chi connectivity index (χ0n) is 15.6. The number of nitrogens with one attached hydrogen (secondary N) is 2. The summed E-state index contributed by atoms with van der Waals surface area (Å²) in [6, 6.07) is 18.1. The van der Waals surface area contributed by atoms with Crippen molar-refractivity contribution < 1.29 is 23.2 Å². The summed E-state index contributed by atoms with van der Waals surface area (Å²) in [6.45, 7) is 0.223. The molecule has 0 radical (unpaired) electrons.